The van der Waals surface area contributed by atoms with E-state index in [0.717, 1.165) is 36.0 Å². The van der Waals surface area contributed by atoms with Crippen molar-refractivity contribution in [3.05, 3.63) is 34.1 Å². The largest absolute Gasteiger partial charge is 0.395 e. The van der Waals surface area contributed by atoms with E-state index in [1.165, 1.54) is 12.1 Å². The molecule has 0 radical (unpaired) electrons. The van der Waals surface area contributed by atoms with Crippen LogP contribution in [0.25, 0.3) is 0 Å². The Hall–Kier alpha value is -0.450. The molecule has 2 nitrogen and oxygen atoms in total. The second-order valence-electron chi connectivity index (χ2n) is 4.09. The van der Waals surface area contributed by atoms with E-state index in [-0.39, 0.29) is 12.4 Å². The maximum absolute atomic E-state index is 13.0. The normalized spacial score (nSPS) is 11.1. The fourth-order valence-corrected chi connectivity index (χ4v) is 2.16. The van der Waals surface area contributed by atoms with Crippen molar-refractivity contribution in [2.45, 2.75) is 26.3 Å². The first kappa shape index (κ1) is 14.6. The Morgan fingerprint density at radius 1 is 1.35 bits per heavy atom. The van der Waals surface area contributed by atoms with E-state index < -0.39 is 0 Å². The summed E-state index contributed by atoms with van der Waals surface area (Å²) in [5, 5.41) is 9.01. The lowest BCUT2D eigenvalue weighted by molar-refractivity contribution is 0.188. The van der Waals surface area contributed by atoms with Crippen molar-refractivity contribution in [2.75, 3.05) is 19.7 Å². The molecule has 0 unspecified atom stereocenters. The summed E-state index contributed by atoms with van der Waals surface area (Å²) in [5.74, 6) is -0.233. The van der Waals surface area contributed by atoms with Crippen LogP contribution in [0.15, 0.2) is 22.7 Å². The zero-order valence-electron chi connectivity index (χ0n) is 10.1. The predicted octanol–water partition coefficient (Wildman–Crippen LogP) is 3.18. The lowest BCUT2D eigenvalue weighted by Crippen LogP contribution is -2.27. The number of rotatable bonds is 7. The van der Waals surface area contributed by atoms with E-state index >= 15 is 0 Å². The molecule has 0 aromatic heterocycles. The molecule has 0 spiro atoms. The van der Waals surface area contributed by atoms with Gasteiger partial charge in [0.2, 0.25) is 0 Å². The highest BCUT2D eigenvalue weighted by Crippen LogP contribution is 2.19. The standard InChI is InChI=1S/C13H19BrFNO/c1-2-3-6-16(7-8-17)10-11-4-5-12(15)9-13(11)14/h4-5,9,17H,2-3,6-8,10H2,1H3. The highest BCUT2D eigenvalue weighted by Gasteiger charge is 2.08. The van der Waals surface area contributed by atoms with Gasteiger partial charge in [-0.1, -0.05) is 35.3 Å². The van der Waals surface area contributed by atoms with Crippen LogP contribution in [0.2, 0.25) is 0 Å². The molecule has 1 N–H and O–H groups in total. The zero-order valence-corrected chi connectivity index (χ0v) is 11.7. The number of hydrogen-bond donors (Lipinski definition) is 1. The highest BCUT2D eigenvalue weighted by molar-refractivity contribution is 9.10. The molecule has 0 aliphatic rings. The molecule has 0 aliphatic carbocycles. The number of halogens is 2. The number of aliphatic hydroxyl groups excluding tert-OH is 1. The van der Waals surface area contributed by atoms with Crippen LogP contribution in [-0.4, -0.2) is 29.7 Å². The summed E-state index contributed by atoms with van der Waals surface area (Å²) in [4.78, 5) is 2.18. The lowest BCUT2D eigenvalue weighted by atomic mass is 10.2. The van der Waals surface area contributed by atoms with E-state index in [9.17, 15) is 4.39 Å². The van der Waals surface area contributed by atoms with E-state index in [1.807, 2.05) is 0 Å². The molecule has 0 aliphatic heterocycles. The second-order valence-corrected chi connectivity index (χ2v) is 4.94. The molecule has 0 atom stereocenters. The zero-order chi connectivity index (χ0) is 12.7. The Labute approximate surface area is 111 Å². The monoisotopic (exact) mass is 303 g/mol. The van der Waals surface area contributed by atoms with E-state index in [2.05, 4.69) is 27.8 Å². The van der Waals surface area contributed by atoms with Crippen molar-refractivity contribution in [1.29, 1.82) is 0 Å². The first-order chi connectivity index (χ1) is 8.17. The van der Waals surface area contributed by atoms with Crippen LogP contribution in [0.4, 0.5) is 4.39 Å². The summed E-state index contributed by atoms with van der Waals surface area (Å²) >= 11 is 3.37. The van der Waals surface area contributed by atoms with Crippen molar-refractivity contribution in [3.8, 4) is 0 Å². The van der Waals surface area contributed by atoms with Gasteiger partial charge in [0.1, 0.15) is 5.82 Å². The summed E-state index contributed by atoms with van der Waals surface area (Å²) in [5.41, 5.74) is 1.05. The van der Waals surface area contributed by atoms with Gasteiger partial charge in [-0.15, -0.1) is 0 Å². The predicted molar refractivity (Wildman–Crippen MR) is 71.4 cm³/mol. The van der Waals surface area contributed by atoms with Crippen molar-refractivity contribution in [1.82, 2.24) is 4.90 Å². The Kier molecular flexibility index (Phi) is 6.70. The Bertz CT molecular complexity index is 346. The maximum Gasteiger partial charge on any atom is 0.124 e. The smallest absolute Gasteiger partial charge is 0.124 e. The van der Waals surface area contributed by atoms with Gasteiger partial charge in [-0.05, 0) is 30.7 Å². The third kappa shape index (κ3) is 5.15. The summed E-state index contributed by atoms with van der Waals surface area (Å²) in [6.07, 6.45) is 2.24. The third-order valence-electron chi connectivity index (χ3n) is 2.65. The van der Waals surface area contributed by atoms with Gasteiger partial charge in [-0.3, -0.25) is 4.90 Å². The molecule has 4 heteroatoms. The highest BCUT2D eigenvalue weighted by atomic mass is 79.9. The van der Waals surface area contributed by atoms with Crippen LogP contribution in [0, 0.1) is 5.82 Å². The molecular weight excluding hydrogens is 285 g/mol. The molecule has 1 aromatic carbocycles. The van der Waals surface area contributed by atoms with Crippen LogP contribution in [0.3, 0.4) is 0 Å². The molecule has 0 bridgehead atoms. The topological polar surface area (TPSA) is 23.5 Å². The van der Waals surface area contributed by atoms with Gasteiger partial charge in [0, 0.05) is 17.6 Å². The molecular formula is C13H19BrFNO. The van der Waals surface area contributed by atoms with Gasteiger partial charge >= 0.3 is 0 Å². The van der Waals surface area contributed by atoms with Crippen LogP contribution in [0.5, 0.6) is 0 Å². The van der Waals surface area contributed by atoms with Gasteiger partial charge in [0.25, 0.3) is 0 Å². The van der Waals surface area contributed by atoms with Crippen molar-refractivity contribution in [3.63, 3.8) is 0 Å². The quantitative estimate of drug-likeness (QED) is 0.836. The molecule has 0 saturated carbocycles. The number of hydrogen-bond acceptors (Lipinski definition) is 2. The van der Waals surface area contributed by atoms with Crippen LogP contribution >= 0.6 is 15.9 Å². The third-order valence-corrected chi connectivity index (χ3v) is 3.39. The number of nitrogens with zero attached hydrogens (tertiary/aromatic N) is 1. The van der Waals surface area contributed by atoms with Gasteiger partial charge in [0.15, 0.2) is 0 Å². The van der Waals surface area contributed by atoms with E-state index in [4.69, 9.17) is 5.11 Å². The molecule has 96 valence electrons. The lowest BCUT2D eigenvalue weighted by Gasteiger charge is -2.21. The summed E-state index contributed by atoms with van der Waals surface area (Å²) in [6, 6.07) is 4.74. The molecule has 1 aromatic rings. The Morgan fingerprint density at radius 2 is 2.12 bits per heavy atom. The minimum absolute atomic E-state index is 0.155. The number of benzene rings is 1. The van der Waals surface area contributed by atoms with Crippen molar-refractivity contribution >= 4 is 15.9 Å². The second kappa shape index (κ2) is 7.80. The van der Waals surface area contributed by atoms with Crippen LogP contribution in [0.1, 0.15) is 25.3 Å². The van der Waals surface area contributed by atoms with Gasteiger partial charge in [-0.25, -0.2) is 4.39 Å². The van der Waals surface area contributed by atoms with Gasteiger partial charge < -0.3 is 5.11 Å². The first-order valence-corrected chi connectivity index (χ1v) is 6.73. The minimum atomic E-state index is -0.233. The van der Waals surface area contributed by atoms with Crippen LogP contribution in [-0.2, 0) is 6.54 Å². The fourth-order valence-electron chi connectivity index (χ4n) is 1.68. The number of unbranched alkanes of at least 4 members (excludes halogenated alkanes) is 1. The molecule has 0 amide bonds. The first-order valence-electron chi connectivity index (χ1n) is 5.94. The molecule has 0 heterocycles. The summed E-state index contributed by atoms with van der Waals surface area (Å²) < 4.78 is 13.7. The SMILES string of the molecule is CCCCN(CCO)Cc1ccc(F)cc1Br. The molecule has 0 saturated heterocycles. The average Bonchev–Trinajstić information content (AvgIpc) is 2.29. The van der Waals surface area contributed by atoms with E-state index in [0.29, 0.717) is 6.54 Å². The molecule has 0 fully saturated rings. The molecule has 17 heavy (non-hydrogen) atoms. The van der Waals surface area contributed by atoms with Gasteiger partial charge in [-0.2, -0.15) is 0 Å². The fraction of sp³-hybridized carbons (Fsp3) is 0.538. The Balaban J connectivity index is 2.64. The van der Waals surface area contributed by atoms with Crippen molar-refractivity contribution < 1.29 is 9.50 Å². The summed E-state index contributed by atoms with van der Waals surface area (Å²) in [7, 11) is 0. The number of aliphatic hydroxyl groups is 1. The Morgan fingerprint density at radius 3 is 2.71 bits per heavy atom. The minimum Gasteiger partial charge on any atom is -0.395 e. The average molecular weight is 304 g/mol. The summed E-state index contributed by atoms with van der Waals surface area (Å²) in [6.45, 7) is 4.65. The maximum atomic E-state index is 13.0. The van der Waals surface area contributed by atoms with E-state index in [1.54, 1.807) is 6.07 Å². The molecule has 1 rings (SSSR count). The van der Waals surface area contributed by atoms with Gasteiger partial charge in [0.05, 0.1) is 6.61 Å². The van der Waals surface area contributed by atoms with Crippen LogP contribution < -0.4 is 0 Å². The van der Waals surface area contributed by atoms with Crippen molar-refractivity contribution in [2.24, 2.45) is 0 Å².